The number of hydrogen-bond donors (Lipinski definition) is 2. The molecule has 0 aromatic carbocycles. The van der Waals surface area contributed by atoms with E-state index in [0.29, 0.717) is 12.4 Å². The van der Waals surface area contributed by atoms with Crippen LogP contribution in [0.2, 0.25) is 0 Å². The summed E-state index contributed by atoms with van der Waals surface area (Å²) in [6, 6.07) is 1.90. The van der Waals surface area contributed by atoms with Gasteiger partial charge in [0.15, 0.2) is 0 Å². The Kier molecular flexibility index (Phi) is 8.71. The van der Waals surface area contributed by atoms with Crippen molar-refractivity contribution < 1.29 is 32.7 Å². The van der Waals surface area contributed by atoms with Crippen LogP contribution in [0.3, 0.4) is 0 Å². The Morgan fingerprint density at radius 3 is 2.50 bits per heavy atom. The van der Waals surface area contributed by atoms with Gasteiger partial charge in [-0.15, -0.1) is 10.2 Å². The molecule has 1 unspecified atom stereocenters. The lowest BCUT2D eigenvalue weighted by Gasteiger charge is -2.27. The molecular formula is C22H29F3N6O4S. The van der Waals surface area contributed by atoms with Crippen molar-refractivity contribution in [1.29, 1.82) is 0 Å². The maximum atomic E-state index is 12.7. The molecule has 2 aliphatic heterocycles. The van der Waals surface area contributed by atoms with Crippen LogP contribution in [0.15, 0.2) is 16.8 Å². The van der Waals surface area contributed by atoms with Crippen molar-refractivity contribution in [3.05, 3.63) is 34.0 Å². The van der Waals surface area contributed by atoms with Gasteiger partial charge in [-0.1, -0.05) is 0 Å². The molecule has 2 aliphatic rings. The number of carboxylic acids is 1. The average molecular weight is 531 g/mol. The number of nitrogens with one attached hydrogen (secondary N) is 1. The molecule has 36 heavy (non-hydrogen) atoms. The fraction of sp³-hybridized carbons (Fsp3) is 0.591. The standard InChI is InChI=1S/C20H28N6O2S.C2HF3O2/c1-24(2)11-8-21-18(27)17-23-22-16-3-5-20(7-10-26(16)17)6-9-25(14-20)19(28)15-4-12-29-13-15;3-2(4,5)1(6)7/h4,12-13H,3,5-11,14H2,1-2H3,(H,21,27);(H,6,7). The number of nitrogens with zero attached hydrogens (tertiary/aromatic N) is 5. The third-order valence-corrected chi connectivity index (χ3v) is 7.04. The van der Waals surface area contributed by atoms with Crippen molar-refractivity contribution in [2.45, 2.75) is 38.4 Å². The summed E-state index contributed by atoms with van der Waals surface area (Å²) in [5, 5.41) is 22.4. The molecule has 0 aliphatic carbocycles. The summed E-state index contributed by atoms with van der Waals surface area (Å²) in [6.07, 6.45) is -1.38. The molecule has 1 atom stereocenters. The number of thiophene rings is 1. The predicted octanol–water partition coefficient (Wildman–Crippen LogP) is 2.13. The molecule has 4 heterocycles. The van der Waals surface area contributed by atoms with Crippen LogP contribution in [-0.4, -0.2) is 93.9 Å². The molecular weight excluding hydrogens is 501 g/mol. The van der Waals surface area contributed by atoms with Crippen LogP contribution < -0.4 is 5.32 Å². The summed E-state index contributed by atoms with van der Waals surface area (Å²) in [4.78, 5) is 38.2. The highest BCUT2D eigenvalue weighted by Crippen LogP contribution is 2.41. The highest BCUT2D eigenvalue weighted by atomic mass is 32.1. The SMILES string of the molecule is CN(C)CCNC(=O)c1nnc2n1CCC1(CC2)CCN(C(=O)c2ccsc2)C1.O=C(O)C(F)(F)F. The smallest absolute Gasteiger partial charge is 0.475 e. The average Bonchev–Trinajstić information content (AvgIpc) is 3.53. The minimum absolute atomic E-state index is 0.102. The van der Waals surface area contributed by atoms with Crippen molar-refractivity contribution in [2.24, 2.45) is 5.41 Å². The van der Waals surface area contributed by atoms with E-state index in [1.54, 1.807) is 11.3 Å². The van der Waals surface area contributed by atoms with E-state index in [9.17, 15) is 22.8 Å². The van der Waals surface area contributed by atoms with Crippen molar-refractivity contribution in [3.8, 4) is 0 Å². The number of rotatable bonds is 5. The minimum atomic E-state index is -5.08. The topological polar surface area (TPSA) is 121 Å². The summed E-state index contributed by atoms with van der Waals surface area (Å²) >= 11 is 1.55. The number of alkyl halides is 3. The zero-order valence-corrected chi connectivity index (χ0v) is 20.9. The number of amides is 2. The van der Waals surface area contributed by atoms with E-state index in [4.69, 9.17) is 9.90 Å². The van der Waals surface area contributed by atoms with Crippen LogP contribution in [0.25, 0.3) is 0 Å². The second kappa shape index (κ2) is 11.4. The molecule has 1 spiro atoms. The monoisotopic (exact) mass is 530 g/mol. The van der Waals surface area contributed by atoms with E-state index in [1.165, 1.54) is 0 Å². The summed E-state index contributed by atoms with van der Waals surface area (Å²) in [6.45, 7) is 3.66. The van der Waals surface area contributed by atoms with Gasteiger partial charge in [0.25, 0.3) is 11.8 Å². The van der Waals surface area contributed by atoms with Gasteiger partial charge >= 0.3 is 12.1 Å². The summed E-state index contributed by atoms with van der Waals surface area (Å²) in [5.74, 6) is -1.51. The molecule has 0 bridgehead atoms. The Bertz CT molecular complexity index is 1070. The van der Waals surface area contributed by atoms with Gasteiger partial charge in [0.1, 0.15) is 5.82 Å². The highest BCUT2D eigenvalue weighted by molar-refractivity contribution is 7.08. The number of halogens is 3. The fourth-order valence-corrected chi connectivity index (χ4v) is 4.96. The molecule has 14 heteroatoms. The lowest BCUT2D eigenvalue weighted by molar-refractivity contribution is -0.192. The van der Waals surface area contributed by atoms with Gasteiger partial charge in [0.2, 0.25) is 5.82 Å². The number of fused-ring (bicyclic) bond motifs is 1. The Morgan fingerprint density at radius 1 is 1.19 bits per heavy atom. The van der Waals surface area contributed by atoms with Crippen LogP contribution in [0.5, 0.6) is 0 Å². The van der Waals surface area contributed by atoms with E-state index >= 15 is 0 Å². The number of likely N-dealkylation sites (tertiary alicyclic amines) is 1. The van der Waals surface area contributed by atoms with Gasteiger partial charge in [-0.3, -0.25) is 9.59 Å². The molecule has 2 aromatic heterocycles. The predicted molar refractivity (Wildman–Crippen MR) is 125 cm³/mol. The first-order valence-electron chi connectivity index (χ1n) is 11.4. The quantitative estimate of drug-likeness (QED) is 0.608. The van der Waals surface area contributed by atoms with E-state index in [0.717, 1.165) is 63.3 Å². The Hall–Kier alpha value is -3.00. The van der Waals surface area contributed by atoms with Crippen molar-refractivity contribution >= 4 is 29.1 Å². The van der Waals surface area contributed by atoms with Gasteiger partial charge in [0, 0.05) is 44.5 Å². The third-order valence-electron chi connectivity index (χ3n) is 6.36. The number of likely N-dealkylation sites (N-methyl/N-ethyl adjacent to an activating group) is 1. The van der Waals surface area contributed by atoms with Crippen molar-refractivity contribution in [2.75, 3.05) is 40.3 Å². The van der Waals surface area contributed by atoms with Crippen molar-refractivity contribution in [1.82, 2.24) is 29.9 Å². The second-order valence-corrected chi connectivity index (χ2v) is 9.97. The number of carboxylic acid groups (broad SMARTS) is 1. The van der Waals surface area contributed by atoms with Gasteiger partial charge in [-0.2, -0.15) is 24.5 Å². The van der Waals surface area contributed by atoms with E-state index in [2.05, 4.69) is 15.5 Å². The summed E-state index contributed by atoms with van der Waals surface area (Å²) in [5.41, 5.74) is 0.889. The number of aromatic nitrogens is 3. The number of carbonyl (C=O) groups is 3. The Labute approximate surface area is 210 Å². The second-order valence-electron chi connectivity index (χ2n) is 9.19. The van der Waals surface area contributed by atoms with Gasteiger partial charge in [-0.05, 0) is 50.2 Å². The van der Waals surface area contributed by atoms with Gasteiger partial charge in [-0.25, -0.2) is 4.79 Å². The van der Waals surface area contributed by atoms with E-state index in [-0.39, 0.29) is 17.2 Å². The number of hydrogen-bond acceptors (Lipinski definition) is 7. The van der Waals surface area contributed by atoms with Crippen LogP contribution in [0.4, 0.5) is 13.2 Å². The highest BCUT2D eigenvalue weighted by Gasteiger charge is 2.42. The van der Waals surface area contributed by atoms with Crippen LogP contribution in [0, 0.1) is 5.41 Å². The molecule has 1 fully saturated rings. The van der Waals surface area contributed by atoms with Gasteiger partial charge < -0.3 is 24.8 Å². The third kappa shape index (κ3) is 6.81. The zero-order chi connectivity index (χ0) is 26.5. The largest absolute Gasteiger partial charge is 0.490 e. The first-order valence-corrected chi connectivity index (χ1v) is 12.3. The summed E-state index contributed by atoms with van der Waals surface area (Å²) in [7, 11) is 3.95. The van der Waals surface area contributed by atoms with Crippen LogP contribution in [-0.2, 0) is 17.8 Å². The molecule has 0 saturated carbocycles. The molecule has 2 aromatic rings. The lowest BCUT2D eigenvalue weighted by atomic mass is 9.80. The van der Waals surface area contributed by atoms with Crippen molar-refractivity contribution in [3.63, 3.8) is 0 Å². The first-order chi connectivity index (χ1) is 16.9. The molecule has 2 N–H and O–H groups in total. The van der Waals surface area contributed by atoms with Gasteiger partial charge in [0.05, 0.1) is 5.56 Å². The maximum Gasteiger partial charge on any atom is 0.490 e. The Balaban J connectivity index is 0.000000454. The zero-order valence-electron chi connectivity index (χ0n) is 20.0. The molecule has 10 nitrogen and oxygen atoms in total. The molecule has 4 rings (SSSR count). The number of carbonyl (C=O) groups excluding carboxylic acids is 2. The lowest BCUT2D eigenvalue weighted by Crippen LogP contribution is -2.33. The van der Waals surface area contributed by atoms with E-state index < -0.39 is 12.1 Å². The van der Waals surface area contributed by atoms with Crippen LogP contribution in [0.1, 0.15) is 46.1 Å². The molecule has 0 radical (unpaired) electrons. The number of aryl methyl sites for hydroxylation is 1. The minimum Gasteiger partial charge on any atom is -0.475 e. The normalized spacial score (nSPS) is 19.4. The fourth-order valence-electron chi connectivity index (χ4n) is 4.33. The maximum absolute atomic E-state index is 12.7. The summed E-state index contributed by atoms with van der Waals surface area (Å²) < 4.78 is 33.7. The number of aliphatic carboxylic acids is 1. The van der Waals surface area contributed by atoms with Crippen LogP contribution >= 0.6 is 11.3 Å². The molecule has 1 saturated heterocycles. The van der Waals surface area contributed by atoms with E-state index in [1.807, 2.05) is 45.3 Å². The Morgan fingerprint density at radius 2 is 1.89 bits per heavy atom. The first kappa shape index (κ1) is 27.6. The molecule has 2 amide bonds. The molecule has 198 valence electrons.